The Kier molecular flexibility index (Phi) is 4.51. The van der Waals surface area contributed by atoms with E-state index >= 15 is 0 Å². The molecule has 8 nitrogen and oxygen atoms in total. The monoisotopic (exact) mass is 312 g/mol. The number of H-pyrrole nitrogens is 2. The maximum absolute atomic E-state index is 4.56. The quantitative estimate of drug-likeness (QED) is 0.533. The second kappa shape index (κ2) is 6.91. The van der Waals surface area contributed by atoms with E-state index in [1.807, 2.05) is 18.2 Å². The first kappa shape index (κ1) is 15.0. The van der Waals surface area contributed by atoms with Crippen LogP contribution in [0.5, 0.6) is 0 Å². The van der Waals surface area contributed by atoms with Gasteiger partial charge in [-0.3, -0.25) is 10.2 Å². The minimum absolute atomic E-state index is 0.318. The first-order valence-electron chi connectivity index (χ1n) is 7.54. The highest BCUT2D eigenvalue weighted by atomic mass is 15.2. The molecule has 0 saturated carbocycles. The number of hydrogen-bond acceptors (Lipinski definition) is 6. The fraction of sp³-hybridized carbons (Fsp3) is 0.333. The van der Waals surface area contributed by atoms with Gasteiger partial charge >= 0.3 is 0 Å². The molecule has 4 N–H and O–H groups in total. The van der Waals surface area contributed by atoms with Crippen molar-refractivity contribution in [1.29, 1.82) is 0 Å². The first-order chi connectivity index (χ1) is 11.2. The number of nitrogens with zero attached hydrogens (tertiary/aromatic N) is 4. The van der Waals surface area contributed by atoms with E-state index in [-0.39, 0.29) is 0 Å². The van der Waals surface area contributed by atoms with Gasteiger partial charge in [-0.15, -0.1) is 0 Å². The van der Waals surface area contributed by atoms with Gasteiger partial charge in [0.25, 0.3) is 0 Å². The molecule has 0 unspecified atom stereocenters. The lowest BCUT2D eigenvalue weighted by Gasteiger charge is -2.12. The Morgan fingerprint density at radius 2 is 1.61 bits per heavy atom. The summed E-state index contributed by atoms with van der Waals surface area (Å²) < 4.78 is 0. The summed E-state index contributed by atoms with van der Waals surface area (Å²) in [5.74, 6) is 1.70. The highest BCUT2D eigenvalue weighted by molar-refractivity contribution is 5.43. The largest absolute Gasteiger partial charge is 0.364 e. The molecule has 0 aromatic carbocycles. The van der Waals surface area contributed by atoms with E-state index in [0.717, 1.165) is 22.9 Å². The molecule has 3 aromatic rings. The molecule has 3 rings (SSSR count). The van der Waals surface area contributed by atoms with Gasteiger partial charge in [0.15, 0.2) is 0 Å². The fourth-order valence-electron chi connectivity index (χ4n) is 2.06. The lowest BCUT2D eigenvalue weighted by molar-refractivity contribution is 0.812. The van der Waals surface area contributed by atoms with Crippen LogP contribution >= 0.6 is 0 Å². The van der Waals surface area contributed by atoms with E-state index < -0.39 is 0 Å². The highest BCUT2D eigenvalue weighted by Crippen LogP contribution is 2.18. The molecule has 3 aromatic heterocycles. The summed E-state index contributed by atoms with van der Waals surface area (Å²) in [5.41, 5.74) is 2.97. The van der Waals surface area contributed by atoms with Crippen LogP contribution in [0.2, 0.25) is 0 Å². The predicted octanol–water partition coefficient (Wildman–Crippen LogP) is 2.27. The zero-order valence-corrected chi connectivity index (χ0v) is 13.2. The number of anilines is 2. The molecule has 120 valence electrons. The summed E-state index contributed by atoms with van der Waals surface area (Å²) in [4.78, 5) is 9.07. The van der Waals surface area contributed by atoms with Crippen LogP contribution in [0.4, 0.5) is 11.8 Å². The Labute approximate surface area is 134 Å². The van der Waals surface area contributed by atoms with Gasteiger partial charge in [-0.25, -0.2) is 4.98 Å². The normalized spacial score (nSPS) is 10.9. The van der Waals surface area contributed by atoms with Crippen LogP contribution in [0.15, 0.2) is 30.6 Å². The van der Waals surface area contributed by atoms with Crippen molar-refractivity contribution in [2.24, 2.45) is 0 Å². The van der Waals surface area contributed by atoms with Gasteiger partial charge in [0.05, 0.1) is 30.2 Å². The summed E-state index contributed by atoms with van der Waals surface area (Å²) in [6.45, 7) is 5.45. The Bertz CT molecular complexity index is 662. The minimum atomic E-state index is 0.318. The fourth-order valence-corrected chi connectivity index (χ4v) is 2.06. The second-order valence-corrected chi connectivity index (χ2v) is 5.53. The van der Waals surface area contributed by atoms with Crippen molar-refractivity contribution in [1.82, 2.24) is 30.4 Å². The average Bonchev–Trinajstić information content (AvgIpc) is 3.24. The summed E-state index contributed by atoms with van der Waals surface area (Å²) in [5, 5.41) is 20.2. The van der Waals surface area contributed by atoms with Crippen molar-refractivity contribution >= 4 is 11.8 Å². The van der Waals surface area contributed by atoms with Crippen LogP contribution in [0.3, 0.4) is 0 Å². The Morgan fingerprint density at radius 1 is 0.957 bits per heavy atom. The zero-order valence-electron chi connectivity index (χ0n) is 13.2. The van der Waals surface area contributed by atoms with Gasteiger partial charge in [0.1, 0.15) is 5.82 Å². The smallest absolute Gasteiger partial charge is 0.225 e. The molecule has 3 heterocycles. The molecule has 0 saturated heterocycles. The predicted molar refractivity (Wildman–Crippen MR) is 87.9 cm³/mol. The SMILES string of the molecule is CC(C)c1cc(NCc2ccn[nH]2)nc(NCc2ccn[nH]2)n1. The zero-order chi connectivity index (χ0) is 16.1. The summed E-state index contributed by atoms with van der Waals surface area (Å²) in [6.07, 6.45) is 3.45. The molecule has 23 heavy (non-hydrogen) atoms. The van der Waals surface area contributed by atoms with Crippen LogP contribution in [-0.2, 0) is 13.1 Å². The van der Waals surface area contributed by atoms with Gasteiger partial charge in [-0.1, -0.05) is 13.8 Å². The molecule has 0 atom stereocenters. The molecule has 0 aliphatic rings. The summed E-state index contributed by atoms with van der Waals surface area (Å²) in [7, 11) is 0. The van der Waals surface area contributed by atoms with Gasteiger partial charge in [-0.05, 0) is 18.1 Å². The number of hydrogen-bond donors (Lipinski definition) is 4. The average molecular weight is 312 g/mol. The molecular formula is C15H20N8. The maximum atomic E-state index is 4.56. The molecular weight excluding hydrogens is 292 g/mol. The second-order valence-electron chi connectivity index (χ2n) is 5.53. The van der Waals surface area contributed by atoms with Crippen molar-refractivity contribution in [2.75, 3.05) is 10.6 Å². The van der Waals surface area contributed by atoms with Gasteiger partial charge in [-0.2, -0.15) is 15.2 Å². The van der Waals surface area contributed by atoms with Crippen LogP contribution in [0.25, 0.3) is 0 Å². The molecule has 0 amide bonds. The van der Waals surface area contributed by atoms with E-state index in [1.165, 1.54) is 0 Å². The standard InChI is InChI=1S/C15H20N8/c1-10(2)13-7-14(16-8-11-3-5-18-22-11)21-15(20-13)17-9-12-4-6-19-23-12/h3-7,10H,8-9H2,1-2H3,(H,18,22)(H,19,23)(H2,16,17,20,21). The van der Waals surface area contributed by atoms with Crippen molar-refractivity contribution in [2.45, 2.75) is 32.9 Å². The molecule has 0 bridgehead atoms. The minimum Gasteiger partial charge on any atom is -0.364 e. The van der Waals surface area contributed by atoms with Crippen LogP contribution < -0.4 is 10.6 Å². The topological polar surface area (TPSA) is 107 Å². The molecule has 8 heteroatoms. The third-order valence-electron chi connectivity index (χ3n) is 3.35. The van der Waals surface area contributed by atoms with Crippen molar-refractivity contribution in [3.8, 4) is 0 Å². The Morgan fingerprint density at radius 3 is 2.17 bits per heavy atom. The van der Waals surface area contributed by atoms with Gasteiger partial charge in [0.2, 0.25) is 5.95 Å². The summed E-state index contributed by atoms with van der Waals surface area (Å²) in [6, 6.07) is 5.81. The Hall–Kier alpha value is -2.90. The molecule has 0 aliphatic carbocycles. The van der Waals surface area contributed by atoms with E-state index in [4.69, 9.17) is 0 Å². The van der Waals surface area contributed by atoms with E-state index in [2.05, 4.69) is 54.8 Å². The van der Waals surface area contributed by atoms with Gasteiger partial charge < -0.3 is 10.6 Å². The van der Waals surface area contributed by atoms with E-state index in [0.29, 0.717) is 25.0 Å². The van der Waals surface area contributed by atoms with Crippen molar-refractivity contribution < 1.29 is 0 Å². The lowest BCUT2D eigenvalue weighted by atomic mass is 10.1. The third-order valence-corrected chi connectivity index (χ3v) is 3.35. The Balaban J connectivity index is 1.72. The van der Waals surface area contributed by atoms with Crippen LogP contribution in [0, 0.1) is 0 Å². The van der Waals surface area contributed by atoms with Crippen LogP contribution in [0.1, 0.15) is 36.8 Å². The van der Waals surface area contributed by atoms with E-state index in [9.17, 15) is 0 Å². The maximum Gasteiger partial charge on any atom is 0.225 e. The van der Waals surface area contributed by atoms with Gasteiger partial charge in [0, 0.05) is 18.5 Å². The molecule has 0 fully saturated rings. The summed E-state index contributed by atoms with van der Waals surface area (Å²) >= 11 is 0. The number of aromatic nitrogens is 6. The highest BCUT2D eigenvalue weighted by Gasteiger charge is 2.08. The molecule has 0 radical (unpaired) electrons. The van der Waals surface area contributed by atoms with E-state index in [1.54, 1.807) is 12.4 Å². The van der Waals surface area contributed by atoms with Crippen LogP contribution in [-0.4, -0.2) is 30.4 Å². The number of nitrogens with one attached hydrogen (secondary N) is 4. The molecule has 0 aliphatic heterocycles. The number of rotatable bonds is 7. The number of aromatic amines is 2. The first-order valence-corrected chi connectivity index (χ1v) is 7.54. The van der Waals surface area contributed by atoms with Crippen molar-refractivity contribution in [3.63, 3.8) is 0 Å². The third kappa shape index (κ3) is 4.06. The molecule has 0 spiro atoms. The lowest BCUT2D eigenvalue weighted by Crippen LogP contribution is -2.10. The van der Waals surface area contributed by atoms with Crippen molar-refractivity contribution in [3.05, 3.63) is 47.7 Å².